The van der Waals surface area contributed by atoms with Crippen molar-refractivity contribution in [3.8, 4) is 0 Å². The number of rotatable bonds is 9. The number of hydrogen-bond donors (Lipinski definition) is 2. The molecule has 0 saturated carbocycles. The maximum absolute atomic E-state index is 9.33. The smallest absolute Gasteiger partial charge is 0.105 e. The first-order valence-electron chi connectivity index (χ1n) is 4.45. The van der Waals surface area contributed by atoms with Crippen LogP contribution in [0.3, 0.4) is 0 Å². The van der Waals surface area contributed by atoms with Gasteiger partial charge in [0.1, 0.15) is 12.2 Å². The van der Waals surface area contributed by atoms with Crippen LogP contribution in [-0.2, 0) is 9.47 Å². The highest BCUT2D eigenvalue weighted by atomic mass is 16.5. The first-order chi connectivity index (χ1) is 6.72. The Morgan fingerprint density at radius 2 is 1.29 bits per heavy atom. The summed E-state index contributed by atoms with van der Waals surface area (Å²) in [5.41, 5.74) is 0. The summed E-state index contributed by atoms with van der Waals surface area (Å²) < 4.78 is 9.94. The molecule has 0 amide bonds. The fraction of sp³-hybridized carbons (Fsp3) is 0.600. The molecule has 0 aliphatic rings. The van der Waals surface area contributed by atoms with E-state index in [1.54, 1.807) is 12.2 Å². The van der Waals surface area contributed by atoms with Crippen LogP contribution in [0.5, 0.6) is 0 Å². The van der Waals surface area contributed by atoms with Gasteiger partial charge in [-0.15, -0.1) is 13.2 Å². The summed E-state index contributed by atoms with van der Waals surface area (Å²) in [6.07, 6.45) is 1.29. The van der Waals surface area contributed by atoms with Gasteiger partial charge in [0, 0.05) is 0 Å². The predicted molar refractivity (Wildman–Crippen MR) is 54.0 cm³/mol. The van der Waals surface area contributed by atoms with Crippen molar-refractivity contribution >= 4 is 0 Å². The average Bonchev–Trinajstić information content (AvgIpc) is 2.18. The van der Waals surface area contributed by atoms with E-state index in [-0.39, 0.29) is 13.2 Å². The summed E-state index contributed by atoms with van der Waals surface area (Å²) in [6, 6.07) is 0. The molecule has 4 nitrogen and oxygen atoms in total. The van der Waals surface area contributed by atoms with E-state index in [1.165, 1.54) is 0 Å². The highest BCUT2D eigenvalue weighted by Gasteiger charge is 2.15. The zero-order valence-corrected chi connectivity index (χ0v) is 8.26. The second-order valence-electron chi connectivity index (χ2n) is 2.79. The van der Waals surface area contributed by atoms with E-state index in [9.17, 15) is 10.2 Å². The van der Waals surface area contributed by atoms with Gasteiger partial charge >= 0.3 is 0 Å². The minimum atomic E-state index is -0.931. The summed E-state index contributed by atoms with van der Waals surface area (Å²) in [5.74, 6) is 0. The number of hydrogen-bond acceptors (Lipinski definition) is 4. The van der Waals surface area contributed by atoms with Gasteiger partial charge in [0.05, 0.1) is 26.4 Å². The largest absolute Gasteiger partial charge is 0.388 e. The molecule has 0 fully saturated rings. The molecule has 0 rings (SSSR count). The van der Waals surface area contributed by atoms with Crippen LogP contribution in [0, 0.1) is 0 Å². The molecule has 2 atom stereocenters. The van der Waals surface area contributed by atoms with Gasteiger partial charge in [-0.3, -0.25) is 0 Å². The minimum absolute atomic E-state index is 0.0740. The van der Waals surface area contributed by atoms with Crippen molar-refractivity contribution < 1.29 is 19.7 Å². The van der Waals surface area contributed by atoms with E-state index >= 15 is 0 Å². The standard InChI is InChI=1S/C10H18O4/c1-3-5-13-7-9(11)10(12)8-14-6-4-2/h3-4,9-12H,1-2,5-8H2/t9-,10+. The fourth-order valence-corrected chi connectivity index (χ4v) is 0.766. The van der Waals surface area contributed by atoms with Crippen LogP contribution in [0.1, 0.15) is 0 Å². The Kier molecular flexibility index (Phi) is 8.47. The van der Waals surface area contributed by atoms with Crippen molar-refractivity contribution in [2.24, 2.45) is 0 Å². The molecule has 14 heavy (non-hydrogen) atoms. The predicted octanol–water partition coefficient (Wildman–Crippen LogP) is 0.113. The summed E-state index contributed by atoms with van der Waals surface area (Å²) in [6.45, 7) is 7.78. The molecule has 0 aromatic carbocycles. The molecule has 0 aromatic rings. The van der Waals surface area contributed by atoms with Crippen molar-refractivity contribution in [2.75, 3.05) is 26.4 Å². The average molecular weight is 202 g/mol. The molecule has 0 unspecified atom stereocenters. The molecule has 0 aliphatic heterocycles. The first kappa shape index (κ1) is 13.3. The van der Waals surface area contributed by atoms with E-state index in [0.717, 1.165) is 0 Å². The van der Waals surface area contributed by atoms with Crippen LogP contribution in [0.2, 0.25) is 0 Å². The lowest BCUT2D eigenvalue weighted by Gasteiger charge is -2.17. The van der Waals surface area contributed by atoms with Crippen LogP contribution < -0.4 is 0 Å². The van der Waals surface area contributed by atoms with E-state index in [2.05, 4.69) is 13.2 Å². The van der Waals surface area contributed by atoms with E-state index in [4.69, 9.17) is 9.47 Å². The Balaban J connectivity index is 3.47. The Morgan fingerprint density at radius 3 is 1.57 bits per heavy atom. The molecule has 0 bridgehead atoms. The molecule has 0 saturated heterocycles. The van der Waals surface area contributed by atoms with Gasteiger partial charge in [0.2, 0.25) is 0 Å². The van der Waals surface area contributed by atoms with Crippen molar-refractivity contribution in [3.05, 3.63) is 25.3 Å². The zero-order chi connectivity index (χ0) is 10.8. The molecule has 2 N–H and O–H groups in total. The minimum Gasteiger partial charge on any atom is -0.388 e. The maximum Gasteiger partial charge on any atom is 0.105 e. The highest BCUT2D eigenvalue weighted by Crippen LogP contribution is 1.96. The third-order valence-electron chi connectivity index (χ3n) is 1.49. The van der Waals surface area contributed by atoms with Gasteiger partial charge in [-0.05, 0) is 0 Å². The van der Waals surface area contributed by atoms with Crippen LogP contribution in [-0.4, -0.2) is 48.8 Å². The van der Waals surface area contributed by atoms with Crippen LogP contribution >= 0.6 is 0 Å². The van der Waals surface area contributed by atoms with Gasteiger partial charge in [0.15, 0.2) is 0 Å². The Bertz CT molecular complexity index is 140. The van der Waals surface area contributed by atoms with Gasteiger partial charge in [-0.2, -0.15) is 0 Å². The van der Waals surface area contributed by atoms with Gasteiger partial charge in [-0.1, -0.05) is 12.2 Å². The second kappa shape index (κ2) is 8.90. The molecule has 0 heterocycles. The van der Waals surface area contributed by atoms with E-state index in [1.807, 2.05) is 0 Å². The van der Waals surface area contributed by atoms with Crippen molar-refractivity contribution in [1.29, 1.82) is 0 Å². The lowest BCUT2D eigenvalue weighted by molar-refractivity contribution is -0.0640. The third kappa shape index (κ3) is 6.80. The summed E-state index contributed by atoms with van der Waals surface area (Å²) in [7, 11) is 0. The lowest BCUT2D eigenvalue weighted by Crippen LogP contribution is -2.34. The quantitative estimate of drug-likeness (QED) is 0.411. The Morgan fingerprint density at radius 1 is 0.929 bits per heavy atom. The first-order valence-corrected chi connectivity index (χ1v) is 4.45. The number of aliphatic hydroxyl groups is 2. The SMILES string of the molecule is C=CCOC[C@@H](O)[C@@H](O)COCC=C. The van der Waals surface area contributed by atoms with Crippen LogP contribution in [0.25, 0.3) is 0 Å². The van der Waals surface area contributed by atoms with E-state index in [0.29, 0.717) is 13.2 Å². The van der Waals surface area contributed by atoms with Crippen molar-refractivity contribution in [1.82, 2.24) is 0 Å². The summed E-state index contributed by atoms with van der Waals surface area (Å²) >= 11 is 0. The summed E-state index contributed by atoms with van der Waals surface area (Å²) in [4.78, 5) is 0. The summed E-state index contributed by atoms with van der Waals surface area (Å²) in [5, 5.41) is 18.7. The lowest BCUT2D eigenvalue weighted by atomic mass is 10.2. The van der Waals surface area contributed by atoms with Crippen LogP contribution in [0.15, 0.2) is 25.3 Å². The van der Waals surface area contributed by atoms with Gasteiger partial charge in [0.25, 0.3) is 0 Å². The van der Waals surface area contributed by atoms with E-state index < -0.39 is 12.2 Å². The molecule has 82 valence electrons. The third-order valence-corrected chi connectivity index (χ3v) is 1.49. The number of aliphatic hydroxyl groups excluding tert-OH is 2. The highest BCUT2D eigenvalue weighted by molar-refractivity contribution is 4.70. The molecular formula is C10H18O4. The second-order valence-corrected chi connectivity index (χ2v) is 2.79. The normalized spacial score (nSPS) is 14.7. The maximum atomic E-state index is 9.33. The van der Waals surface area contributed by atoms with Crippen molar-refractivity contribution in [2.45, 2.75) is 12.2 Å². The molecule has 0 aliphatic carbocycles. The topological polar surface area (TPSA) is 58.9 Å². The molecule has 4 heteroatoms. The molecule has 0 radical (unpaired) electrons. The Labute approximate surface area is 84.5 Å². The molecule has 0 spiro atoms. The zero-order valence-electron chi connectivity index (χ0n) is 8.26. The van der Waals surface area contributed by atoms with Gasteiger partial charge < -0.3 is 19.7 Å². The number of ether oxygens (including phenoxy) is 2. The fourth-order valence-electron chi connectivity index (χ4n) is 0.766. The van der Waals surface area contributed by atoms with Gasteiger partial charge in [-0.25, -0.2) is 0 Å². The Hall–Kier alpha value is -0.680. The molecule has 0 aromatic heterocycles. The monoisotopic (exact) mass is 202 g/mol. The van der Waals surface area contributed by atoms with Crippen molar-refractivity contribution in [3.63, 3.8) is 0 Å². The molecular weight excluding hydrogens is 184 g/mol. The van der Waals surface area contributed by atoms with Crippen LogP contribution in [0.4, 0.5) is 0 Å².